The molecule has 0 bridgehead atoms. The quantitative estimate of drug-likeness (QED) is 0.479. The zero-order valence-corrected chi connectivity index (χ0v) is 20.9. The molecule has 0 unspecified atom stereocenters. The molecule has 3 N–H and O–H groups in total. The fourth-order valence-corrected chi connectivity index (χ4v) is 4.52. The van der Waals surface area contributed by atoms with Gasteiger partial charge in [-0.25, -0.2) is 24.5 Å². The number of carbonyl (C=O) groups is 2. The Morgan fingerprint density at radius 1 is 1.03 bits per heavy atom. The minimum Gasteiger partial charge on any atom is -0.475 e. The van der Waals surface area contributed by atoms with Crippen molar-refractivity contribution in [3.63, 3.8) is 0 Å². The number of aliphatic carboxylic acids is 2. The molecular formula is C23H28F6N6O4. The molecule has 2 aromatic heterocycles. The Hall–Kier alpha value is -3.43. The van der Waals surface area contributed by atoms with Gasteiger partial charge < -0.3 is 25.0 Å². The van der Waals surface area contributed by atoms with E-state index in [0.29, 0.717) is 0 Å². The van der Waals surface area contributed by atoms with Crippen LogP contribution < -0.4 is 10.2 Å². The lowest BCUT2D eigenvalue weighted by Gasteiger charge is -2.43. The molecule has 5 rings (SSSR count). The van der Waals surface area contributed by atoms with E-state index >= 15 is 0 Å². The van der Waals surface area contributed by atoms with Gasteiger partial charge in [-0.1, -0.05) is 0 Å². The molecule has 1 aliphatic carbocycles. The SMILES string of the molecule is Cc1nc2c(n1CC1CC1)CNCC21CCN(c2ncccn2)CC1.O=C(O)C(F)(F)F.O=C(O)C(F)(F)F. The van der Waals surface area contributed by atoms with Crippen LogP contribution >= 0.6 is 0 Å². The lowest BCUT2D eigenvalue weighted by molar-refractivity contribution is -0.193. The van der Waals surface area contributed by atoms with Crippen LogP contribution in [0.25, 0.3) is 0 Å². The molecule has 3 aliphatic rings. The predicted octanol–water partition coefficient (Wildman–Crippen LogP) is 3.30. The van der Waals surface area contributed by atoms with Crippen molar-refractivity contribution in [1.82, 2.24) is 24.8 Å². The molecule has 0 radical (unpaired) electrons. The molecule has 2 aromatic rings. The van der Waals surface area contributed by atoms with E-state index in [0.717, 1.165) is 57.4 Å². The van der Waals surface area contributed by atoms with E-state index in [1.54, 1.807) is 0 Å². The highest BCUT2D eigenvalue weighted by molar-refractivity contribution is 5.73. The zero-order valence-electron chi connectivity index (χ0n) is 20.9. The predicted molar refractivity (Wildman–Crippen MR) is 124 cm³/mol. The molecule has 1 spiro atoms. The number of nitrogens with one attached hydrogen (secondary N) is 1. The number of nitrogens with zero attached hydrogens (tertiary/aromatic N) is 5. The van der Waals surface area contributed by atoms with Gasteiger partial charge in [-0.3, -0.25) is 0 Å². The average molecular weight is 567 g/mol. The number of hydrogen-bond acceptors (Lipinski definition) is 7. The third kappa shape index (κ3) is 7.80. The third-order valence-corrected chi connectivity index (χ3v) is 6.70. The topological polar surface area (TPSA) is 133 Å². The summed E-state index contributed by atoms with van der Waals surface area (Å²) in [5.74, 6) is -2.57. The number of carboxylic acid groups (broad SMARTS) is 2. The number of halogens is 6. The number of fused-ring (bicyclic) bond motifs is 2. The van der Waals surface area contributed by atoms with E-state index in [9.17, 15) is 26.3 Å². The Morgan fingerprint density at radius 3 is 2.00 bits per heavy atom. The van der Waals surface area contributed by atoms with Crippen molar-refractivity contribution in [1.29, 1.82) is 0 Å². The highest BCUT2D eigenvalue weighted by atomic mass is 19.4. The summed E-state index contributed by atoms with van der Waals surface area (Å²) in [4.78, 5) is 34.0. The number of imidazole rings is 1. The van der Waals surface area contributed by atoms with Crippen LogP contribution in [-0.4, -0.2) is 73.7 Å². The van der Waals surface area contributed by atoms with Gasteiger partial charge in [-0.15, -0.1) is 0 Å². The van der Waals surface area contributed by atoms with Crippen molar-refractivity contribution >= 4 is 17.9 Å². The van der Waals surface area contributed by atoms with Crippen LogP contribution in [0.1, 0.15) is 42.9 Å². The summed E-state index contributed by atoms with van der Waals surface area (Å²) in [6.07, 6.45) is -1.50. The van der Waals surface area contributed by atoms with Crippen LogP contribution in [0.2, 0.25) is 0 Å². The Kier molecular flexibility index (Phi) is 9.08. The molecule has 4 heterocycles. The summed E-state index contributed by atoms with van der Waals surface area (Å²) >= 11 is 0. The maximum absolute atomic E-state index is 10.6. The van der Waals surface area contributed by atoms with Gasteiger partial charge in [0.05, 0.1) is 11.4 Å². The van der Waals surface area contributed by atoms with Crippen molar-refractivity contribution in [2.75, 3.05) is 24.5 Å². The van der Waals surface area contributed by atoms with Crippen molar-refractivity contribution in [3.8, 4) is 0 Å². The fraction of sp³-hybridized carbons (Fsp3) is 0.609. The number of piperidine rings is 1. The van der Waals surface area contributed by atoms with Gasteiger partial charge in [-0.05, 0) is 44.6 Å². The van der Waals surface area contributed by atoms with Gasteiger partial charge in [0.2, 0.25) is 5.95 Å². The van der Waals surface area contributed by atoms with Crippen LogP contribution in [0.15, 0.2) is 18.5 Å². The number of carboxylic acids is 2. The van der Waals surface area contributed by atoms with E-state index < -0.39 is 24.3 Å². The van der Waals surface area contributed by atoms with Crippen molar-refractivity contribution in [3.05, 3.63) is 35.7 Å². The first-order chi connectivity index (χ1) is 18.1. The highest BCUT2D eigenvalue weighted by Crippen LogP contribution is 2.41. The summed E-state index contributed by atoms with van der Waals surface area (Å²) in [5, 5.41) is 17.9. The molecule has 0 aromatic carbocycles. The summed E-state index contributed by atoms with van der Waals surface area (Å²) < 4.78 is 66.0. The second-order valence-electron chi connectivity index (χ2n) is 9.53. The van der Waals surface area contributed by atoms with Crippen LogP contribution in [-0.2, 0) is 28.1 Å². The standard InChI is InChI=1S/C19H26N6.2C2HF3O2/c1-14-23-17-16(25(14)12-15-3-4-15)11-20-13-19(17)5-9-24(10-6-19)18-21-7-2-8-22-18;2*3-2(4,5)1(6)7/h2,7-8,15,20H,3-6,9-13H2,1H3;2*(H,6,7). The first-order valence-electron chi connectivity index (χ1n) is 12.0. The van der Waals surface area contributed by atoms with Gasteiger partial charge >= 0.3 is 24.3 Å². The summed E-state index contributed by atoms with van der Waals surface area (Å²) in [6, 6.07) is 1.88. The lowest BCUT2D eigenvalue weighted by atomic mass is 9.73. The van der Waals surface area contributed by atoms with E-state index in [2.05, 4.69) is 31.7 Å². The Bertz CT molecular complexity index is 1120. The van der Waals surface area contributed by atoms with Crippen molar-refractivity contribution < 1.29 is 46.1 Å². The zero-order chi connectivity index (χ0) is 29.0. The Labute approximate surface area is 219 Å². The van der Waals surface area contributed by atoms with E-state index in [4.69, 9.17) is 24.8 Å². The molecule has 1 saturated carbocycles. The van der Waals surface area contributed by atoms with Gasteiger partial charge in [0.25, 0.3) is 0 Å². The molecule has 2 aliphatic heterocycles. The van der Waals surface area contributed by atoms with Gasteiger partial charge in [0, 0.05) is 50.5 Å². The van der Waals surface area contributed by atoms with Gasteiger partial charge in [0.1, 0.15) is 5.82 Å². The molecule has 39 heavy (non-hydrogen) atoms. The molecule has 1 saturated heterocycles. The minimum atomic E-state index is -5.08. The molecular weight excluding hydrogens is 538 g/mol. The molecule has 0 amide bonds. The van der Waals surface area contributed by atoms with Crippen LogP contribution in [0, 0.1) is 12.8 Å². The maximum Gasteiger partial charge on any atom is 0.490 e. The second kappa shape index (κ2) is 11.8. The molecule has 2 fully saturated rings. The largest absolute Gasteiger partial charge is 0.490 e. The van der Waals surface area contributed by atoms with Gasteiger partial charge in [-0.2, -0.15) is 26.3 Å². The second-order valence-corrected chi connectivity index (χ2v) is 9.53. The number of hydrogen-bond donors (Lipinski definition) is 3. The molecule has 10 nitrogen and oxygen atoms in total. The third-order valence-electron chi connectivity index (χ3n) is 6.70. The molecule has 216 valence electrons. The fourth-order valence-electron chi connectivity index (χ4n) is 4.52. The monoisotopic (exact) mass is 566 g/mol. The smallest absolute Gasteiger partial charge is 0.475 e. The number of anilines is 1. The van der Waals surface area contributed by atoms with Crippen LogP contribution in [0.3, 0.4) is 0 Å². The van der Waals surface area contributed by atoms with E-state index in [1.807, 2.05) is 18.5 Å². The van der Waals surface area contributed by atoms with Gasteiger partial charge in [0.15, 0.2) is 0 Å². The van der Waals surface area contributed by atoms with E-state index in [1.165, 1.54) is 30.1 Å². The molecule has 16 heteroatoms. The Morgan fingerprint density at radius 2 is 1.54 bits per heavy atom. The van der Waals surface area contributed by atoms with Crippen LogP contribution in [0.4, 0.5) is 32.3 Å². The van der Waals surface area contributed by atoms with Crippen LogP contribution in [0.5, 0.6) is 0 Å². The minimum absolute atomic E-state index is 0.179. The van der Waals surface area contributed by atoms with Crippen molar-refractivity contribution in [2.24, 2.45) is 5.92 Å². The van der Waals surface area contributed by atoms with Crippen molar-refractivity contribution in [2.45, 2.75) is 63.5 Å². The first kappa shape index (κ1) is 30.1. The summed E-state index contributed by atoms with van der Waals surface area (Å²) in [7, 11) is 0. The summed E-state index contributed by atoms with van der Waals surface area (Å²) in [6.45, 7) is 7.36. The average Bonchev–Trinajstić information content (AvgIpc) is 3.63. The van der Waals surface area contributed by atoms with E-state index in [-0.39, 0.29) is 5.41 Å². The number of alkyl halides is 6. The normalized spacial score (nSPS) is 18.3. The number of aromatic nitrogens is 4. The Balaban J connectivity index is 0.000000251. The molecule has 0 atom stereocenters. The number of aryl methyl sites for hydroxylation is 1. The summed E-state index contributed by atoms with van der Waals surface area (Å²) in [5.41, 5.74) is 3.00. The first-order valence-corrected chi connectivity index (χ1v) is 12.0. The maximum atomic E-state index is 10.6. The lowest BCUT2D eigenvalue weighted by Crippen LogP contribution is -2.51. The highest BCUT2D eigenvalue weighted by Gasteiger charge is 2.43. The number of rotatable bonds is 3.